The fourth-order valence-corrected chi connectivity index (χ4v) is 2.87. The molecule has 0 aromatic heterocycles. The van der Waals surface area contributed by atoms with E-state index in [2.05, 4.69) is 21.7 Å². The third kappa shape index (κ3) is 5.41. The van der Waals surface area contributed by atoms with Gasteiger partial charge in [-0.2, -0.15) is 0 Å². The van der Waals surface area contributed by atoms with Crippen molar-refractivity contribution in [1.82, 2.24) is 10.6 Å². The maximum atomic E-state index is 5.62. The summed E-state index contributed by atoms with van der Waals surface area (Å²) in [5, 5.41) is 6.68. The molecule has 0 bridgehead atoms. The number of benzene rings is 1. The molecule has 1 unspecified atom stereocenters. The Kier molecular flexibility index (Phi) is 7.90. The molecule has 2 aliphatic rings. The molecule has 1 saturated heterocycles. The third-order valence-electron chi connectivity index (χ3n) is 4.15. The second-order valence-corrected chi connectivity index (χ2v) is 5.79. The predicted molar refractivity (Wildman–Crippen MR) is 105 cm³/mol. The van der Waals surface area contributed by atoms with E-state index >= 15 is 0 Å². The van der Waals surface area contributed by atoms with E-state index in [1.54, 1.807) is 7.05 Å². The molecule has 1 fully saturated rings. The first kappa shape index (κ1) is 19.1. The van der Waals surface area contributed by atoms with Gasteiger partial charge in [-0.1, -0.05) is 6.07 Å². The summed E-state index contributed by atoms with van der Waals surface area (Å²) in [5.74, 6) is 2.50. The summed E-state index contributed by atoms with van der Waals surface area (Å²) in [6.07, 6.45) is 4.71. The minimum atomic E-state index is 0. The fraction of sp³-hybridized carbons (Fsp3) is 0.588. The van der Waals surface area contributed by atoms with Gasteiger partial charge in [0.25, 0.3) is 0 Å². The van der Waals surface area contributed by atoms with Gasteiger partial charge in [-0.3, -0.25) is 4.99 Å². The number of guanidine groups is 1. The van der Waals surface area contributed by atoms with Gasteiger partial charge in [0.15, 0.2) is 17.5 Å². The molecule has 1 aromatic carbocycles. The molecule has 0 spiro atoms. The average molecular weight is 447 g/mol. The molecule has 24 heavy (non-hydrogen) atoms. The van der Waals surface area contributed by atoms with E-state index in [4.69, 9.17) is 14.2 Å². The summed E-state index contributed by atoms with van der Waals surface area (Å²) in [5.41, 5.74) is 1.22. The van der Waals surface area contributed by atoms with Crippen LogP contribution < -0.4 is 20.1 Å². The molecule has 0 radical (unpaired) electrons. The van der Waals surface area contributed by atoms with Gasteiger partial charge in [0.2, 0.25) is 6.79 Å². The Hall–Kier alpha value is -1.22. The lowest BCUT2D eigenvalue weighted by Crippen LogP contribution is -2.39. The monoisotopic (exact) mass is 447 g/mol. The molecule has 2 aliphatic heterocycles. The molecule has 6 nitrogen and oxygen atoms in total. The molecular weight excluding hydrogens is 421 g/mol. The fourth-order valence-electron chi connectivity index (χ4n) is 2.87. The van der Waals surface area contributed by atoms with E-state index in [1.807, 2.05) is 12.1 Å². The number of hydrogen-bond acceptors (Lipinski definition) is 4. The number of aliphatic imine (C=N–C) groups is 1. The Bertz CT molecular complexity index is 548. The second-order valence-electron chi connectivity index (χ2n) is 5.79. The van der Waals surface area contributed by atoms with Crippen molar-refractivity contribution in [1.29, 1.82) is 0 Å². The minimum Gasteiger partial charge on any atom is -0.454 e. The van der Waals surface area contributed by atoms with Crippen LogP contribution in [0.15, 0.2) is 23.2 Å². The van der Waals surface area contributed by atoms with E-state index in [0.29, 0.717) is 12.9 Å². The Morgan fingerprint density at radius 2 is 2.04 bits per heavy atom. The minimum absolute atomic E-state index is 0. The van der Waals surface area contributed by atoms with Crippen molar-refractivity contribution >= 4 is 29.9 Å². The number of ether oxygens (including phenoxy) is 3. The molecule has 1 aromatic rings. The van der Waals surface area contributed by atoms with Gasteiger partial charge in [-0.15, -0.1) is 24.0 Å². The van der Waals surface area contributed by atoms with Gasteiger partial charge in [0.1, 0.15) is 0 Å². The molecule has 1 atom stereocenters. The SMILES string of the molecule is CN=C(NCCc1ccc2c(c1)OCO2)NCCC1CCCO1.I. The molecular formula is C17H26IN3O3. The van der Waals surface area contributed by atoms with Crippen LogP contribution in [0.4, 0.5) is 0 Å². The lowest BCUT2D eigenvalue weighted by Gasteiger charge is -2.14. The summed E-state index contributed by atoms with van der Waals surface area (Å²) in [6, 6.07) is 6.08. The predicted octanol–water partition coefficient (Wildman–Crippen LogP) is 2.31. The maximum absolute atomic E-state index is 5.62. The zero-order valence-electron chi connectivity index (χ0n) is 14.0. The summed E-state index contributed by atoms with van der Waals surface area (Å²) in [4.78, 5) is 4.25. The zero-order chi connectivity index (χ0) is 15.9. The van der Waals surface area contributed by atoms with Crippen LogP contribution in [0.5, 0.6) is 11.5 Å². The van der Waals surface area contributed by atoms with Crippen LogP contribution >= 0.6 is 24.0 Å². The molecule has 2 N–H and O–H groups in total. The van der Waals surface area contributed by atoms with Crippen molar-refractivity contribution in [2.24, 2.45) is 4.99 Å². The third-order valence-corrected chi connectivity index (χ3v) is 4.15. The molecule has 3 rings (SSSR count). The maximum Gasteiger partial charge on any atom is 0.231 e. The largest absolute Gasteiger partial charge is 0.454 e. The van der Waals surface area contributed by atoms with Crippen LogP contribution in [-0.4, -0.2) is 45.6 Å². The number of fused-ring (bicyclic) bond motifs is 1. The van der Waals surface area contributed by atoms with Gasteiger partial charge < -0.3 is 24.8 Å². The molecule has 7 heteroatoms. The van der Waals surface area contributed by atoms with Crippen molar-refractivity contribution < 1.29 is 14.2 Å². The van der Waals surface area contributed by atoms with Crippen LogP contribution in [-0.2, 0) is 11.2 Å². The molecule has 0 amide bonds. The number of hydrogen-bond donors (Lipinski definition) is 2. The Labute approximate surface area is 160 Å². The quantitative estimate of drug-likeness (QED) is 0.398. The van der Waals surface area contributed by atoms with Crippen molar-refractivity contribution in [3.63, 3.8) is 0 Å². The highest BCUT2D eigenvalue weighted by Crippen LogP contribution is 2.32. The van der Waals surface area contributed by atoms with Crippen molar-refractivity contribution in [2.75, 3.05) is 33.5 Å². The zero-order valence-corrected chi connectivity index (χ0v) is 16.4. The van der Waals surface area contributed by atoms with E-state index < -0.39 is 0 Å². The topological polar surface area (TPSA) is 64.1 Å². The highest BCUT2D eigenvalue weighted by molar-refractivity contribution is 14.0. The van der Waals surface area contributed by atoms with Crippen LogP contribution in [0, 0.1) is 0 Å². The van der Waals surface area contributed by atoms with Gasteiger partial charge in [-0.05, 0) is 43.4 Å². The number of nitrogens with zero attached hydrogens (tertiary/aromatic N) is 1. The molecule has 134 valence electrons. The Morgan fingerprint density at radius 3 is 2.83 bits per heavy atom. The van der Waals surface area contributed by atoms with Gasteiger partial charge in [0, 0.05) is 26.7 Å². The average Bonchev–Trinajstić information content (AvgIpc) is 3.24. The Morgan fingerprint density at radius 1 is 1.21 bits per heavy atom. The number of nitrogens with one attached hydrogen (secondary N) is 2. The summed E-state index contributed by atoms with van der Waals surface area (Å²) >= 11 is 0. The highest BCUT2D eigenvalue weighted by Gasteiger charge is 2.15. The van der Waals surface area contributed by atoms with Gasteiger partial charge in [-0.25, -0.2) is 0 Å². The van der Waals surface area contributed by atoms with E-state index in [0.717, 1.165) is 50.0 Å². The number of rotatable bonds is 6. The molecule has 0 aliphatic carbocycles. The highest BCUT2D eigenvalue weighted by atomic mass is 127. The molecule has 0 saturated carbocycles. The normalized spacial score (nSPS) is 19.0. The smallest absolute Gasteiger partial charge is 0.231 e. The van der Waals surface area contributed by atoms with E-state index in [1.165, 1.54) is 18.4 Å². The first-order valence-electron chi connectivity index (χ1n) is 8.30. The van der Waals surface area contributed by atoms with Crippen molar-refractivity contribution in [2.45, 2.75) is 31.8 Å². The lowest BCUT2D eigenvalue weighted by atomic mass is 10.1. The first-order valence-corrected chi connectivity index (χ1v) is 8.30. The van der Waals surface area contributed by atoms with Crippen LogP contribution in [0.3, 0.4) is 0 Å². The van der Waals surface area contributed by atoms with Gasteiger partial charge >= 0.3 is 0 Å². The van der Waals surface area contributed by atoms with E-state index in [-0.39, 0.29) is 24.0 Å². The van der Waals surface area contributed by atoms with Crippen LogP contribution in [0.2, 0.25) is 0 Å². The van der Waals surface area contributed by atoms with Crippen LogP contribution in [0.25, 0.3) is 0 Å². The summed E-state index contributed by atoms with van der Waals surface area (Å²) < 4.78 is 16.3. The lowest BCUT2D eigenvalue weighted by molar-refractivity contribution is 0.105. The molecule has 2 heterocycles. The first-order chi connectivity index (χ1) is 11.3. The van der Waals surface area contributed by atoms with Gasteiger partial charge in [0.05, 0.1) is 6.10 Å². The standard InChI is InChI=1S/C17H25N3O3.HI/c1-18-17(20-9-7-14-3-2-10-21-14)19-8-6-13-4-5-15-16(11-13)23-12-22-15;/h4-5,11,14H,2-3,6-10,12H2,1H3,(H2,18,19,20);1H. The van der Waals surface area contributed by atoms with Crippen molar-refractivity contribution in [3.05, 3.63) is 23.8 Å². The second kappa shape index (κ2) is 9.93. The summed E-state index contributed by atoms with van der Waals surface area (Å²) in [7, 11) is 1.79. The van der Waals surface area contributed by atoms with E-state index in [9.17, 15) is 0 Å². The summed E-state index contributed by atoms with van der Waals surface area (Å²) in [6.45, 7) is 2.93. The van der Waals surface area contributed by atoms with Crippen molar-refractivity contribution in [3.8, 4) is 11.5 Å². The Balaban J connectivity index is 0.00000208. The number of halogens is 1. The van der Waals surface area contributed by atoms with Crippen LogP contribution in [0.1, 0.15) is 24.8 Å².